The number of likely N-dealkylation sites (tertiary alicyclic amines) is 1. The molecule has 2 N–H and O–H groups in total. The van der Waals surface area contributed by atoms with Crippen LogP contribution in [0.4, 0.5) is 0 Å². The third-order valence-corrected chi connectivity index (χ3v) is 7.73. The van der Waals surface area contributed by atoms with Gasteiger partial charge in [-0.1, -0.05) is 136 Å². The number of carbonyl (C=O) groups excluding carboxylic acids is 2. The van der Waals surface area contributed by atoms with Crippen LogP contribution in [0.15, 0.2) is 0 Å². The minimum absolute atomic E-state index is 0.0292. The molecule has 0 unspecified atom stereocenters. The Balaban J connectivity index is 2.08. The maximum absolute atomic E-state index is 12.8. The third kappa shape index (κ3) is 16.6. The summed E-state index contributed by atoms with van der Waals surface area (Å²) in [7, 11) is 0. The van der Waals surface area contributed by atoms with E-state index in [1.807, 2.05) is 0 Å². The fourth-order valence-corrected chi connectivity index (χ4v) is 5.36. The summed E-state index contributed by atoms with van der Waals surface area (Å²) in [6, 6.07) is -0.497. The Morgan fingerprint density at radius 2 is 1.08 bits per heavy atom. The molecule has 0 aromatic heterocycles. The second kappa shape index (κ2) is 23.0. The molecule has 1 aliphatic heterocycles. The standard InChI is InChI=1S/C31H60N2O3/c1-3-5-7-9-11-13-15-16-18-20-22-24-30(35)33-27-28(34)26-29(33)31(36)32-25-23-21-19-17-14-12-10-8-6-4-2/h28-29,34H,3-27H2,1-2H3,(H,32,36)/t28-,29+/m0/s1. The van der Waals surface area contributed by atoms with E-state index in [4.69, 9.17) is 0 Å². The van der Waals surface area contributed by atoms with Crippen molar-refractivity contribution in [3.63, 3.8) is 0 Å². The molecule has 212 valence electrons. The Kier molecular flexibility index (Phi) is 21.1. The van der Waals surface area contributed by atoms with Gasteiger partial charge in [0.25, 0.3) is 0 Å². The number of nitrogens with zero attached hydrogens (tertiary/aromatic N) is 1. The summed E-state index contributed by atoms with van der Waals surface area (Å²) in [5.41, 5.74) is 0. The van der Waals surface area contributed by atoms with Crippen LogP contribution >= 0.6 is 0 Å². The van der Waals surface area contributed by atoms with Crippen molar-refractivity contribution in [2.45, 2.75) is 174 Å². The van der Waals surface area contributed by atoms with Gasteiger partial charge in [0.2, 0.25) is 11.8 Å². The van der Waals surface area contributed by atoms with Crippen molar-refractivity contribution < 1.29 is 14.7 Å². The lowest BCUT2D eigenvalue weighted by atomic mass is 10.0. The third-order valence-electron chi connectivity index (χ3n) is 7.73. The van der Waals surface area contributed by atoms with Gasteiger partial charge in [0.1, 0.15) is 6.04 Å². The average Bonchev–Trinajstić information content (AvgIpc) is 3.27. The van der Waals surface area contributed by atoms with Gasteiger partial charge in [-0.3, -0.25) is 9.59 Å². The molecule has 5 heteroatoms. The summed E-state index contributed by atoms with van der Waals surface area (Å²) in [5, 5.41) is 13.1. The zero-order chi connectivity index (χ0) is 26.3. The number of amides is 2. The number of aliphatic hydroxyl groups excluding tert-OH is 1. The zero-order valence-corrected chi connectivity index (χ0v) is 24.0. The fraction of sp³-hybridized carbons (Fsp3) is 0.935. The SMILES string of the molecule is CCCCCCCCCCCCCC(=O)N1C[C@@H](O)C[C@@H]1C(=O)NCCCCCCCCCCCC. The van der Waals surface area contributed by atoms with Crippen molar-refractivity contribution in [1.29, 1.82) is 0 Å². The van der Waals surface area contributed by atoms with Crippen LogP contribution in [0, 0.1) is 0 Å². The van der Waals surface area contributed by atoms with Crippen LogP contribution < -0.4 is 5.32 Å². The molecule has 0 bridgehead atoms. The van der Waals surface area contributed by atoms with E-state index in [-0.39, 0.29) is 11.8 Å². The molecule has 0 radical (unpaired) electrons. The van der Waals surface area contributed by atoms with Gasteiger partial charge in [0, 0.05) is 25.9 Å². The summed E-state index contributed by atoms with van der Waals surface area (Å²) in [6.45, 7) is 5.48. The van der Waals surface area contributed by atoms with Crippen molar-refractivity contribution in [3.8, 4) is 0 Å². The molecule has 0 aliphatic carbocycles. The minimum Gasteiger partial charge on any atom is -0.391 e. The predicted molar refractivity (Wildman–Crippen MR) is 152 cm³/mol. The minimum atomic E-state index is -0.584. The average molecular weight is 509 g/mol. The van der Waals surface area contributed by atoms with Crippen LogP contribution in [-0.2, 0) is 9.59 Å². The van der Waals surface area contributed by atoms with Crippen molar-refractivity contribution in [2.24, 2.45) is 0 Å². The number of aliphatic hydroxyl groups is 1. The maximum atomic E-state index is 12.8. The van der Waals surface area contributed by atoms with Crippen LogP contribution in [-0.4, -0.2) is 47.1 Å². The Morgan fingerprint density at radius 3 is 1.56 bits per heavy atom. The molecule has 1 saturated heterocycles. The van der Waals surface area contributed by atoms with Gasteiger partial charge in [0.05, 0.1) is 6.10 Å². The maximum Gasteiger partial charge on any atom is 0.242 e. The molecule has 2 atom stereocenters. The van der Waals surface area contributed by atoms with E-state index in [9.17, 15) is 14.7 Å². The Labute approximate surface area is 223 Å². The second-order valence-electron chi connectivity index (χ2n) is 11.2. The van der Waals surface area contributed by atoms with Crippen LogP contribution in [0.2, 0.25) is 0 Å². The molecule has 1 heterocycles. The second-order valence-corrected chi connectivity index (χ2v) is 11.2. The molecule has 0 spiro atoms. The summed E-state index contributed by atoms with van der Waals surface area (Å²) in [6.07, 6.45) is 26.8. The van der Waals surface area contributed by atoms with Crippen molar-refractivity contribution >= 4 is 11.8 Å². The first kappa shape index (κ1) is 32.9. The van der Waals surface area contributed by atoms with E-state index < -0.39 is 12.1 Å². The van der Waals surface area contributed by atoms with E-state index >= 15 is 0 Å². The molecule has 5 nitrogen and oxygen atoms in total. The van der Waals surface area contributed by atoms with Gasteiger partial charge in [-0.25, -0.2) is 0 Å². The van der Waals surface area contributed by atoms with Crippen LogP contribution in [0.3, 0.4) is 0 Å². The molecule has 0 aromatic rings. The summed E-state index contributed by atoms with van der Waals surface area (Å²) >= 11 is 0. The first-order valence-electron chi connectivity index (χ1n) is 15.8. The number of β-amino-alcohol motifs (C(OH)–C–C–N with tert-alkyl or cyclic N) is 1. The molecule has 0 aromatic carbocycles. The van der Waals surface area contributed by atoms with Crippen LogP contribution in [0.25, 0.3) is 0 Å². The molecule has 2 amide bonds. The van der Waals surface area contributed by atoms with Crippen LogP contribution in [0.1, 0.15) is 162 Å². The number of hydrogen-bond donors (Lipinski definition) is 2. The van der Waals surface area contributed by atoms with Crippen molar-refractivity contribution in [1.82, 2.24) is 10.2 Å². The van der Waals surface area contributed by atoms with E-state index in [1.165, 1.54) is 109 Å². The summed E-state index contributed by atoms with van der Waals surface area (Å²) in [4.78, 5) is 27.1. The monoisotopic (exact) mass is 508 g/mol. The molecule has 1 aliphatic rings. The highest BCUT2D eigenvalue weighted by molar-refractivity contribution is 5.88. The highest BCUT2D eigenvalue weighted by Crippen LogP contribution is 2.21. The van der Waals surface area contributed by atoms with E-state index in [2.05, 4.69) is 19.2 Å². The molecule has 36 heavy (non-hydrogen) atoms. The Hall–Kier alpha value is -1.10. The van der Waals surface area contributed by atoms with Crippen molar-refractivity contribution in [2.75, 3.05) is 13.1 Å². The molecular weight excluding hydrogens is 448 g/mol. The van der Waals surface area contributed by atoms with Gasteiger partial charge in [-0.2, -0.15) is 0 Å². The van der Waals surface area contributed by atoms with Crippen LogP contribution in [0.5, 0.6) is 0 Å². The lowest BCUT2D eigenvalue weighted by molar-refractivity contribution is -0.138. The lowest BCUT2D eigenvalue weighted by Crippen LogP contribution is -2.46. The summed E-state index contributed by atoms with van der Waals surface area (Å²) < 4.78 is 0. The van der Waals surface area contributed by atoms with Gasteiger partial charge >= 0.3 is 0 Å². The molecular formula is C31H60N2O3. The normalized spacial score (nSPS) is 17.6. The first-order chi connectivity index (χ1) is 17.6. The fourth-order valence-electron chi connectivity index (χ4n) is 5.36. The number of rotatable bonds is 24. The lowest BCUT2D eigenvalue weighted by Gasteiger charge is -2.23. The van der Waals surface area contributed by atoms with Gasteiger partial charge in [-0.15, -0.1) is 0 Å². The topological polar surface area (TPSA) is 69.6 Å². The quantitative estimate of drug-likeness (QED) is 0.131. The van der Waals surface area contributed by atoms with Gasteiger partial charge in [0.15, 0.2) is 0 Å². The predicted octanol–water partition coefficient (Wildman–Crippen LogP) is 7.69. The van der Waals surface area contributed by atoms with Crippen molar-refractivity contribution in [3.05, 3.63) is 0 Å². The van der Waals surface area contributed by atoms with E-state index in [1.54, 1.807) is 4.90 Å². The highest BCUT2D eigenvalue weighted by Gasteiger charge is 2.38. The largest absolute Gasteiger partial charge is 0.391 e. The smallest absolute Gasteiger partial charge is 0.242 e. The Morgan fingerprint density at radius 1 is 0.667 bits per heavy atom. The molecule has 0 saturated carbocycles. The van der Waals surface area contributed by atoms with E-state index in [0.29, 0.717) is 25.9 Å². The van der Waals surface area contributed by atoms with Gasteiger partial charge in [-0.05, 0) is 12.8 Å². The van der Waals surface area contributed by atoms with E-state index in [0.717, 1.165) is 25.7 Å². The van der Waals surface area contributed by atoms with Gasteiger partial charge < -0.3 is 15.3 Å². The number of hydrogen-bond acceptors (Lipinski definition) is 3. The number of unbranched alkanes of at least 4 members (excludes halogenated alkanes) is 19. The summed E-state index contributed by atoms with van der Waals surface area (Å²) in [5.74, 6) is -0.0590. The molecule has 1 rings (SSSR count). The molecule has 1 fully saturated rings. The number of carbonyl (C=O) groups is 2. The Bertz CT molecular complexity index is 494. The first-order valence-corrected chi connectivity index (χ1v) is 15.8. The highest BCUT2D eigenvalue weighted by atomic mass is 16.3. The number of nitrogens with one attached hydrogen (secondary N) is 1. The zero-order valence-electron chi connectivity index (χ0n) is 24.0.